The fourth-order valence-corrected chi connectivity index (χ4v) is 2.91. The summed E-state index contributed by atoms with van der Waals surface area (Å²) in [6.45, 7) is 3.73. The molecule has 1 fully saturated rings. The zero-order valence-corrected chi connectivity index (χ0v) is 15.9. The molecule has 1 atom stereocenters. The molecule has 1 heterocycles. The van der Waals surface area contributed by atoms with E-state index < -0.39 is 0 Å². The molecule has 25 heavy (non-hydrogen) atoms. The molecule has 1 saturated heterocycles. The minimum atomic E-state index is -0.351. The molecule has 0 aromatic carbocycles. The average Bonchev–Trinajstić information content (AvgIpc) is 3.13. The maximum Gasteiger partial charge on any atom is 0.306 e. The van der Waals surface area contributed by atoms with Gasteiger partial charge in [0.15, 0.2) is 0 Å². The highest BCUT2D eigenvalue weighted by Gasteiger charge is 2.17. The standard InChI is InChI=1S/C20H36O5/c1-2-3-4-5-6-7-8-9-10-15-24-19(21)13-14-20(22)25-17-18-12-11-16-23-18/h18H,2-17H2,1H3. The van der Waals surface area contributed by atoms with Crippen LogP contribution in [0.3, 0.4) is 0 Å². The number of ether oxygens (including phenoxy) is 3. The molecule has 1 aliphatic rings. The van der Waals surface area contributed by atoms with Crippen LogP contribution in [0.5, 0.6) is 0 Å². The van der Waals surface area contributed by atoms with Crippen LogP contribution in [0.15, 0.2) is 0 Å². The number of unbranched alkanes of at least 4 members (excludes halogenated alkanes) is 8. The minimum Gasteiger partial charge on any atom is -0.466 e. The smallest absolute Gasteiger partial charge is 0.306 e. The second-order valence-electron chi connectivity index (χ2n) is 6.87. The van der Waals surface area contributed by atoms with Crippen LogP contribution >= 0.6 is 0 Å². The Kier molecular flexibility index (Phi) is 13.3. The van der Waals surface area contributed by atoms with E-state index in [2.05, 4.69) is 6.92 Å². The minimum absolute atomic E-state index is 0.0301. The fraction of sp³-hybridized carbons (Fsp3) is 0.900. The van der Waals surface area contributed by atoms with E-state index in [9.17, 15) is 9.59 Å². The van der Waals surface area contributed by atoms with Gasteiger partial charge in [-0.15, -0.1) is 0 Å². The molecular weight excluding hydrogens is 320 g/mol. The molecule has 0 bridgehead atoms. The number of hydrogen-bond donors (Lipinski definition) is 0. The van der Waals surface area contributed by atoms with Gasteiger partial charge in [0.05, 0.1) is 25.6 Å². The Morgan fingerprint density at radius 3 is 2.08 bits per heavy atom. The van der Waals surface area contributed by atoms with E-state index in [1.165, 1.54) is 44.9 Å². The summed E-state index contributed by atoms with van der Waals surface area (Å²) in [6, 6.07) is 0. The highest BCUT2D eigenvalue weighted by molar-refractivity contribution is 5.77. The Bertz CT molecular complexity index is 350. The number of carbonyl (C=O) groups is 2. The van der Waals surface area contributed by atoms with Crippen LogP contribution < -0.4 is 0 Å². The third-order valence-corrected chi connectivity index (χ3v) is 4.50. The van der Waals surface area contributed by atoms with Crippen molar-refractivity contribution in [1.82, 2.24) is 0 Å². The van der Waals surface area contributed by atoms with Crippen molar-refractivity contribution in [3.63, 3.8) is 0 Å². The fourth-order valence-electron chi connectivity index (χ4n) is 2.91. The summed E-state index contributed by atoms with van der Waals surface area (Å²) in [5.41, 5.74) is 0. The molecule has 1 rings (SSSR count). The van der Waals surface area contributed by atoms with Crippen LogP contribution in [0, 0.1) is 0 Å². The summed E-state index contributed by atoms with van der Waals surface area (Å²) in [6.07, 6.45) is 13.3. The largest absolute Gasteiger partial charge is 0.466 e. The second-order valence-corrected chi connectivity index (χ2v) is 6.87. The molecule has 0 N–H and O–H groups in total. The number of esters is 2. The Labute approximate surface area is 152 Å². The van der Waals surface area contributed by atoms with Gasteiger partial charge < -0.3 is 14.2 Å². The molecule has 5 heteroatoms. The first-order chi connectivity index (χ1) is 12.2. The Morgan fingerprint density at radius 2 is 1.48 bits per heavy atom. The first kappa shape index (κ1) is 21.9. The Balaban J connectivity index is 1.84. The van der Waals surface area contributed by atoms with Gasteiger partial charge in [-0.05, 0) is 19.3 Å². The van der Waals surface area contributed by atoms with Gasteiger partial charge in [-0.3, -0.25) is 9.59 Å². The summed E-state index contributed by atoms with van der Waals surface area (Å²) in [4.78, 5) is 23.1. The highest BCUT2D eigenvalue weighted by atomic mass is 16.6. The summed E-state index contributed by atoms with van der Waals surface area (Å²) in [5, 5.41) is 0. The van der Waals surface area contributed by atoms with Gasteiger partial charge in [0.2, 0.25) is 0 Å². The van der Waals surface area contributed by atoms with E-state index >= 15 is 0 Å². The highest BCUT2D eigenvalue weighted by Crippen LogP contribution is 2.12. The van der Waals surface area contributed by atoms with Crippen LogP contribution in [0.1, 0.15) is 90.4 Å². The number of carbonyl (C=O) groups excluding carboxylic acids is 2. The molecule has 0 spiro atoms. The molecule has 0 aromatic heterocycles. The SMILES string of the molecule is CCCCCCCCCCCOC(=O)CCC(=O)OCC1CCCO1. The lowest BCUT2D eigenvalue weighted by Crippen LogP contribution is -2.18. The van der Waals surface area contributed by atoms with Crippen LogP contribution in [0.2, 0.25) is 0 Å². The Hall–Kier alpha value is -1.10. The molecule has 146 valence electrons. The molecule has 0 aromatic rings. The van der Waals surface area contributed by atoms with Crippen molar-refractivity contribution in [2.24, 2.45) is 0 Å². The second kappa shape index (κ2) is 15.2. The summed E-state index contributed by atoms with van der Waals surface area (Å²) < 4.78 is 15.6. The first-order valence-corrected chi connectivity index (χ1v) is 10.1. The molecule has 0 aliphatic carbocycles. The summed E-state index contributed by atoms with van der Waals surface area (Å²) in [5.74, 6) is -0.663. The third kappa shape index (κ3) is 12.9. The predicted octanol–water partition coefficient (Wildman–Crippen LogP) is 4.56. The van der Waals surface area contributed by atoms with Gasteiger partial charge in [0.25, 0.3) is 0 Å². The van der Waals surface area contributed by atoms with Crippen molar-refractivity contribution >= 4 is 11.9 Å². The van der Waals surface area contributed by atoms with Crippen LogP contribution in [-0.2, 0) is 23.8 Å². The molecule has 0 saturated carbocycles. The van der Waals surface area contributed by atoms with Crippen LogP contribution in [0.4, 0.5) is 0 Å². The lowest BCUT2D eigenvalue weighted by Gasteiger charge is -2.10. The summed E-state index contributed by atoms with van der Waals surface area (Å²) >= 11 is 0. The van der Waals surface area contributed by atoms with Crippen molar-refractivity contribution in [2.45, 2.75) is 96.5 Å². The van der Waals surface area contributed by atoms with E-state index in [1.54, 1.807) is 0 Å². The van der Waals surface area contributed by atoms with Gasteiger partial charge >= 0.3 is 11.9 Å². The van der Waals surface area contributed by atoms with Gasteiger partial charge in [-0.2, -0.15) is 0 Å². The van der Waals surface area contributed by atoms with Crippen molar-refractivity contribution in [3.8, 4) is 0 Å². The molecule has 0 amide bonds. The molecule has 1 unspecified atom stereocenters. The van der Waals surface area contributed by atoms with Crippen LogP contribution in [0.25, 0.3) is 0 Å². The number of hydrogen-bond acceptors (Lipinski definition) is 5. The van der Waals surface area contributed by atoms with Gasteiger partial charge in [0.1, 0.15) is 6.61 Å². The van der Waals surface area contributed by atoms with E-state index in [-0.39, 0.29) is 30.9 Å². The molecule has 0 radical (unpaired) electrons. The van der Waals surface area contributed by atoms with E-state index in [4.69, 9.17) is 14.2 Å². The van der Waals surface area contributed by atoms with Crippen molar-refractivity contribution in [3.05, 3.63) is 0 Å². The van der Waals surface area contributed by atoms with Crippen molar-refractivity contribution in [2.75, 3.05) is 19.8 Å². The first-order valence-electron chi connectivity index (χ1n) is 10.1. The predicted molar refractivity (Wildman–Crippen MR) is 97.4 cm³/mol. The maximum absolute atomic E-state index is 11.6. The topological polar surface area (TPSA) is 61.8 Å². The maximum atomic E-state index is 11.6. The van der Waals surface area contributed by atoms with Gasteiger partial charge in [0, 0.05) is 6.61 Å². The van der Waals surface area contributed by atoms with E-state index in [0.717, 1.165) is 32.3 Å². The van der Waals surface area contributed by atoms with E-state index in [1.807, 2.05) is 0 Å². The van der Waals surface area contributed by atoms with E-state index in [0.29, 0.717) is 13.2 Å². The lowest BCUT2D eigenvalue weighted by molar-refractivity contribution is -0.152. The summed E-state index contributed by atoms with van der Waals surface area (Å²) in [7, 11) is 0. The van der Waals surface area contributed by atoms with Crippen molar-refractivity contribution in [1.29, 1.82) is 0 Å². The zero-order valence-electron chi connectivity index (χ0n) is 15.9. The van der Waals surface area contributed by atoms with Gasteiger partial charge in [-0.25, -0.2) is 0 Å². The van der Waals surface area contributed by atoms with Crippen molar-refractivity contribution < 1.29 is 23.8 Å². The molecule has 5 nitrogen and oxygen atoms in total. The Morgan fingerprint density at radius 1 is 0.880 bits per heavy atom. The third-order valence-electron chi connectivity index (χ3n) is 4.50. The molecule has 1 aliphatic heterocycles. The molecular formula is C20H36O5. The lowest BCUT2D eigenvalue weighted by atomic mass is 10.1. The quantitative estimate of drug-likeness (QED) is 0.318. The van der Waals surface area contributed by atoms with Gasteiger partial charge in [-0.1, -0.05) is 58.3 Å². The normalized spacial score (nSPS) is 16.8. The van der Waals surface area contributed by atoms with Crippen LogP contribution in [-0.4, -0.2) is 37.9 Å². The zero-order chi connectivity index (χ0) is 18.2. The monoisotopic (exact) mass is 356 g/mol. The number of rotatable bonds is 15. The average molecular weight is 357 g/mol.